The summed E-state index contributed by atoms with van der Waals surface area (Å²) in [7, 11) is -1.99. The molecule has 0 saturated carbocycles. The van der Waals surface area contributed by atoms with Gasteiger partial charge < -0.3 is 10.1 Å². The molecule has 2 N–H and O–H groups in total. The minimum atomic E-state index is -3.86. The summed E-state index contributed by atoms with van der Waals surface area (Å²) in [6.07, 6.45) is 5.82. The van der Waals surface area contributed by atoms with E-state index in [0.29, 0.717) is 55.0 Å². The maximum Gasteiger partial charge on any atom is 0.387 e. The Kier molecular flexibility index (Phi) is 11.1. The molecule has 3 saturated heterocycles. The molecule has 1 unspecified atom stereocenters. The summed E-state index contributed by atoms with van der Waals surface area (Å²) >= 11 is 0. The SMILES string of the molecule is Cn1nc(C2CCC(=O)NC2=O)c2ccc(C3CCN(CC#Cc4cc(S(=O)(=O)N5CCC(Nc6ncc(OC(F)F)cn6)CC5)ccc4C#N)CC3)cc21. The molecule has 0 aliphatic carbocycles. The Labute approximate surface area is 316 Å². The lowest BCUT2D eigenvalue weighted by Crippen LogP contribution is -2.42. The van der Waals surface area contributed by atoms with Crippen LogP contribution in [-0.4, -0.2) is 94.6 Å². The van der Waals surface area contributed by atoms with E-state index in [9.17, 15) is 32.0 Å². The van der Waals surface area contributed by atoms with Crippen molar-refractivity contribution in [2.75, 3.05) is 38.0 Å². The van der Waals surface area contributed by atoms with Crippen molar-refractivity contribution < 1.29 is 31.5 Å². The Hall–Kier alpha value is -5.49. The Morgan fingerprint density at radius 3 is 2.44 bits per heavy atom. The first-order chi connectivity index (χ1) is 26.5. The zero-order valence-corrected chi connectivity index (χ0v) is 30.9. The van der Waals surface area contributed by atoms with E-state index < -0.39 is 22.6 Å². The Balaban J connectivity index is 0.937. The fourth-order valence-corrected chi connectivity index (χ4v) is 8.95. The molecule has 4 aromatic rings. The van der Waals surface area contributed by atoms with Gasteiger partial charge in [0.2, 0.25) is 27.8 Å². The normalized spacial score (nSPS) is 19.1. The second-order valence-electron chi connectivity index (χ2n) is 13.9. The van der Waals surface area contributed by atoms with Gasteiger partial charge >= 0.3 is 6.61 Å². The molecule has 0 bridgehead atoms. The monoisotopic (exact) mass is 771 g/mol. The van der Waals surface area contributed by atoms with Gasteiger partial charge in [-0.3, -0.25) is 24.5 Å². The number of fused-ring (bicyclic) bond motifs is 1. The van der Waals surface area contributed by atoms with Crippen molar-refractivity contribution in [2.45, 2.75) is 67.9 Å². The number of hydrogen-bond donors (Lipinski definition) is 2. The van der Waals surface area contributed by atoms with Crippen LogP contribution in [0.5, 0.6) is 5.75 Å². The van der Waals surface area contributed by atoms with Crippen molar-refractivity contribution in [3.63, 3.8) is 0 Å². The van der Waals surface area contributed by atoms with Crippen LogP contribution in [0.3, 0.4) is 0 Å². The van der Waals surface area contributed by atoms with E-state index in [-0.39, 0.29) is 47.5 Å². The molecule has 14 nitrogen and oxygen atoms in total. The van der Waals surface area contributed by atoms with Gasteiger partial charge in [-0.25, -0.2) is 18.4 Å². The number of aryl methyl sites for hydroxylation is 1. The van der Waals surface area contributed by atoms with E-state index in [1.807, 2.05) is 13.1 Å². The van der Waals surface area contributed by atoms with Crippen LogP contribution in [0.1, 0.15) is 72.7 Å². The fourth-order valence-electron chi connectivity index (χ4n) is 7.45. The molecule has 3 aliphatic heterocycles. The smallest absolute Gasteiger partial charge is 0.387 e. The van der Waals surface area contributed by atoms with Crippen molar-refractivity contribution >= 4 is 38.7 Å². The third-order valence-electron chi connectivity index (χ3n) is 10.4. The third kappa shape index (κ3) is 8.44. The molecule has 55 heavy (non-hydrogen) atoms. The predicted octanol–water partition coefficient (Wildman–Crippen LogP) is 3.85. The number of anilines is 1. The highest BCUT2D eigenvalue weighted by molar-refractivity contribution is 7.89. The number of carbonyl (C=O) groups excluding carboxylic acids is 2. The van der Waals surface area contributed by atoms with Crippen LogP contribution in [0.15, 0.2) is 53.7 Å². The lowest BCUT2D eigenvalue weighted by atomic mass is 9.88. The van der Waals surface area contributed by atoms with E-state index in [1.165, 1.54) is 28.1 Å². The van der Waals surface area contributed by atoms with Crippen molar-refractivity contribution in [3.05, 3.63) is 71.2 Å². The van der Waals surface area contributed by atoms with Gasteiger partial charge in [0.25, 0.3) is 0 Å². The lowest BCUT2D eigenvalue weighted by Gasteiger charge is -2.31. The van der Waals surface area contributed by atoms with Crippen LogP contribution in [0, 0.1) is 23.2 Å². The number of benzene rings is 2. The fraction of sp³-hybridized carbons (Fsp3) is 0.421. The van der Waals surface area contributed by atoms with Crippen molar-refractivity contribution in [3.8, 4) is 23.7 Å². The maximum atomic E-state index is 13.6. The molecule has 0 radical (unpaired) electrons. The quantitative estimate of drug-likeness (QED) is 0.187. The summed E-state index contributed by atoms with van der Waals surface area (Å²) in [6.45, 7) is -0.391. The Bertz CT molecular complexity index is 2300. The minimum Gasteiger partial charge on any atom is -0.432 e. The Morgan fingerprint density at radius 1 is 1.00 bits per heavy atom. The molecule has 7 rings (SSSR count). The van der Waals surface area contributed by atoms with Crippen LogP contribution in [-0.2, 0) is 26.7 Å². The highest BCUT2D eigenvalue weighted by atomic mass is 32.2. The summed E-state index contributed by atoms with van der Waals surface area (Å²) in [5, 5.41) is 20.9. The second kappa shape index (κ2) is 16.1. The highest BCUT2D eigenvalue weighted by Crippen LogP contribution is 2.34. The number of nitrogens with zero attached hydrogens (tertiary/aromatic N) is 7. The third-order valence-corrected chi connectivity index (χ3v) is 12.3. The topological polar surface area (TPSA) is 175 Å². The van der Waals surface area contributed by atoms with Crippen LogP contribution >= 0.6 is 0 Å². The summed E-state index contributed by atoms with van der Waals surface area (Å²) in [5.74, 6) is 5.62. The van der Waals surface area contributed by atoms with Crippen LogP contribution in [0.25, 0.3) is 10.9 Å². The first-order valence-electron chi connectivity index (χ1n) is 18.1. The van der Waals surface area contributed by atoms with Gasteiger partial charge in [0, 0.05) is 43.5 Å². The van der Waals surface area contributed by atoms with E-state index >= 15 is 0 Å². The second-order valence-corrected chi connectivity index (χ2v) is 15.8. The number of carbonyl (C=O) groups is 2. The molecule has 17 heteroatoms. The lowest BCUT2D eigenvalue weighted by molar-refractivity contribution is -0.134. The number of nitriles is 1. The maximum absolute atomic E-state index is 13.6. The molecule has 3 aliphatic rings. The van der Waals surface area contributed by atoms with E-state index in [4.69, 9.17) is 0 Å². The van der Waals surface area contributed by atoms with E-state index in [2.05, 4.69) is 65.4 Å². The molecule has 2 amide bonds. The number of aromatic nitrogens is 4. The zero-order chi connectivity index (χ0) is 38.7. The van der Waals surface area contributed by atoms with Crippen LogP contribution < -0.4 is 15.4 Å². The molecular formula is C38H39F2N9O5S. The predicted molar refractivity (Wildman–Crippen MR) is 196 cm³/mol. The largest absolute Gasteiger partial charge is 0.432 e. The van der Waals surface area contributed by atoms with E-state index in [0.717, 1.165) is 49.2 Å². The van der Waals surface area contributed by atoms with Gasteiger partial charge in [-0.15, -0.1) is 0 Å². The summed E-state index contributed by atoms with van der Waals surface area (Å²) in [5.41, 5.74) is 3.50. The van der Waals surface area contributed by atoms with Gasteiger partial charge in [0.1, 0.15) is 6.07 Å². The number of piperidine rings is 3. The average Bonchev–Trinajstić information content (AvgIpc) is 3.50. The molecule has 1 atom stereocenters. The van der Waals surface area contributed by atoms with Gasteiger partial charge in [-0.1, -0.05) is 24.0 Å². The summed E-state index contributed by atoms with van der Waals surface area (Å²) < 4.78 is 59.5. The number of alkyl halides is 2. The summed E-state index contributed by atoms with van der Waals surface area (Å²) in [6, 6.07) is 12.7. The summed E-state index contributed by atoms with van der Waals surface area (Å²) in [4.78, 5) is 34.5. The molecule has 286 valence electrons. The number of sulfonamides is 1. The number of hydrogen-bond acceptors (Lipinski definition) is 11. The van der Waals surface area contributed by atoms with Crippen LogP contribution in [0.2, 0.25) is 0 Å². The average molecular weight is 772 g/mol. The van der Waals surface area contributed by atoms with E-state index in [1.54, 1.807) is 4.68 Å². The number of nitrogens with one attached hydrogen (secondary N) is 2. The number of halogens is 2. The molecule has 2 aromatic carbocycles. The van der Waals surface area contributed by atoms with Gasteiger partial charge in [-0.2, -0.15) is 23.4 Å². The molecule has 2 aromatic heterocycles. The molecule has 5 heterocycles. The molecule has 0 spiro atoms. The number of rotatable bonds is 9. The number of imide groups is 1. The van der Waals surface area contributed by atoms with Crippen LogP contribution in [0.4, 0.5) is 14.7 Å². The van der Waals surface area contributed by atoms with Gasteiger partial charge in [-0.05, 0) is 80.9 Å². The zero-order valence-electron chi connectivity index (χ0n) is 30.0. The van der Waals surface area contributed by atoms with Crippen molar-refractivity contribution in [1.82, 2.24) is 34.3 Å². The van der Waals surface area contributed by atoms with Crippen molar-refractivity contribution in [2.24, 2.45) is 7.05 Å². The molecular weight excluding hydrogens is 733 g/mol. The number of likely N-dealkylation sites (tertiary alicyclic amines) is 1. The first-order valence-corrected chi connectivity index (χ1v) is 19.5. The standard InChI is InChI=1S/C38H39F2N9O5S/c1-47-33-20-26(5-7-31(33)35(46-47)32-8-9-34(50)45-36(32)51)24-10-15-48(16-11-24)14-2-3-25-19-30(6-4-27(25)21-41)55(52,53)49-17-12-28(13-18-49)44-38-42-22-29(23-43-38)54-37(39)40/h4-7,19-20,22-24,28,32,37H,8-18H2,1H3,(H,42,43,44)(H,45,50,51). The first kappa shape index (κ1) is 37.8. The Morgan fingerprint density at radius 2 is 1.75 bits per heavy atom. The minimum absolute atomic E-state index is 0.0654. The highest BCUT2D eigenvalue weighted by Gasteiger charge is 2.33. The van der Waals surface area contributed by atoms with Crippen molar-refractivity contribution in [1.29, 1.82) is 5.26 Å². The molecule has 3 fully saturated rings. The number of amides is 2. The number of ether oxygens (including phenoxy) is 1. The van der Waals surface area contributed by atoms with Gasteiger partial charge in [0.15, 0.2) is 5.75 Å². The van der Waals surface area contributed by atoms with Gasteiger partial charge in [0.05, 0.1) is 46.5 Å².